The first-order valence-electron chi connectivity index (χ1n) is 11.5. The van der Waals surface area contributed by atoms with Gasteiger partial charge in [-0.3, -0.25) is 14.0 Å². The summed E-state index contributed by atoms with van der Waals surface area (Å²) in [6, 6.07) is 6.90. The standard InChI is InChI=1S/C23H27ClN8O5S/c1-6-37-20(21-25-12-15(24)13-26-21)14(2)38(33,34)30-23-28-27-22(16-10-11-31(3)29-16)32(23)19-17(35-4)8-7-9-18(19)36-5/h7-14,20H,6H2,1-5H3,(H,28,30)/t14-,20+/m0/s1. The van der Waals surface area contributed by atoms with E-state index >= 15 is 0 Å². The monoisotopic (exact) mass is 562 g/mol. The Balaban J connectivity index is 1.82. The fraction of sp³-hybridized carbons (Fsp3) is 0.348. The maximum absolute atomic E-state index is 13.7. The fourth-order valence-electron chi connectivity index (χ4n) is 3.77. The van der Waals surface area contributed by atoms with Gasteiger partial charge in [-0.2, -0.15) is 5.10 Å². The van der Waals surface area contributed by atoms with E-state index in [0.29, 0.717) is 27.9 Å². The summed E-state index contributed by atoms with van der Waals surface area (Å²) in [5.74, 6) is 1.14. The van der Waals surface area contributed by atoms with Crippen LogP contribution in [-0.4, -0.2) is 69.0 Å². The van der Waals surface area contributed by atoms with Crippen LogP contribution in [0.2, 0.25) is 5.02 Å². The number of methoxy groups -OCH3 is 2. The minimum Gasteiger partial charge on any atom is -0.494 e. The van der Waals surface area contributed by atoms with E-state index in [1.54, 1.807) is 49.1 Å². The van der Waals surface area contributed by atoms with Gasteiger partial charge in [0.1, 0.15) is 34.2 Å². The predicted octanol–water partition coefficient (Wildman–Crippen LogP) is 3.04. The van der Waals surface area contributed by atoms with Gasteiger partial charge in [-0.15, -0.1) is 10.2 Å². The summed E-state index contributed by atoms with van der Waals surface area (Å²) >= 11 is 5.91. The molecule has 0 aliphatic heterocycles. The highest BCUT2D eigenvalue weighted by Gasteiger charge is 2.35. The molecule has 4 rings (SSSR count). The van der Waals surface area contributed by atoms with Crippen molar-refractivity contribution < 1.29 is 22.6 Å². The zero-order valence-corrected chi connectivity index (χ0v) is 22.9. The predicted molar refractivity (Wildman–Crippen MR) is 140 cm³/mol. The Morgan fingerprint density at radius 2 is 1.74 bits per heavy atom. The van der Waals surface area contributed by atoms with E-state index in [1.807, 2.05) is 0 Å². The fourth-order valence-corrected chi connectivity index (χ4v) is 4.96. The summed E-state index contributed by atoms with van der Waals surface area (Å²) in [5, 5.41) is 12.0. The van der Waals surface area contributed by atoms with Crippen molar-refractivity contribution in [3.05, 3.63) is 53.7 Å². The van der Waals surface area contributed by atoms with Gasteiger partial charge in [0.15, 0.2) is 11.6 Å². The average molecular weight is 563 g/mol. The number of benzene rings is 1. The van der Waals surface area contributed by atoms with Crippen LogP contribution in [0, 0.1) is 0 Å². The highest BCUT2D eigenvalue weighted by molar-refractivity contribution is 7.93. The number of aromatic nitrogens is 7. The maximum atomic E-state index is 13.7. The molecule has 202 valence electrons. The summed E-state index contributed by atoms with van der Waals surface area (Å²) < 4.78 is 49.8. The highest BCUT2D eigenvalue weighted by Crippen LogP contribution is 2.37. The first-order chi connectivity index (χ1) is 18.2. The third-order valence-electron chi connectivity index (χ3n) is 5.62. The number of nitrogens with zero attached hydrogens (tertiary/aromatic N) is 7. The third kappa shape index (κ3) is 5.42. The molecule has 0 radical (unpaired) electrons. The molecule has 0 saturated carbocycles. The van der Waals surface area contributed by atoms with Crippen LogP contribution in [-0.2, 0) is 21.8 Å². The van der Waals surface area contributed by atoms with E-state index in [0.717, 1.165) is 0 Å². The van der Waals surface area contributed by atoms with Crippen LogP contribution < -0.4 is 14.2 Å². The lowest BCUT2D eigenvalue weighted by molar-refractivity contribution is 0.0558. The maximum Gasteiger partial charge on any atom is 0.243 e. The second-order valence-corrected chi connectivity index (χ2v) is 10.5. The molecule has 0 saturated heterocycles. The molecule has 13 nitrogen and oxygen atoms in total. The van der Waals surface area contributed by atoms with Crippen molar-refractivity contribution in [1.82, 2.24) is 34.5 Å². The average Bonchev–Trinajstić information content (AvgIpc) is 3.52. The summed E-state index contributed by atoms with van der Waals surface area (Å²) in [4.78, 5) is 8.32. The smallest absolute Gasteiger partial charge is 0.243 e. The van der Waals surface area contributed by atoms with Gasteiger partial charge in [-0.25, -0.2) is 18.4 Å². The van der Waals surface area contributed by atoms with Crippen LogP contribution in [0.4, 0.5) is 5.95 Å². The van der Waals surface area contributed by atoms with E-state index in [-0.39, 0.29) is 24.2 Å². The Bertz CT molecular complexity index is 1480. The van der Waals surface area contributed by atoms with Crippen molar-refractivity contribution in [1.29, 1.82) is 0 Å². The Morgan fingerprint density at radius 3 is 2.29 bits per heavy atom. The van der Waals surface area contributed by atoms with Crippen molar-refractivity contribution in [3.8, 4) is 28.7 Å². The lowest BCUT2D eigenvalue weighted by Crippen LogP contribution is -2.34. The molecule has 15 heteroatoms. The molecule has 0 aliphatic carbocycles. The highest BCUT2D eigenvalue weighted by atomic mass is 35.5. The zero-order valence-electron chi connectivity index (χ0n) is 21.4. The van der Waals surface area contributed by atoms with Crippen LogP contribution >= 0.6 is 11.6 Å². The van der Waals surface area contributed by atoms with Crippen molar-refractivity contribution >= 4 is 27.6 Å². The number of ether oxygens (including phenoxy) is 3. The Kier molecular flexibility index (Phi) is 8.14. The molecule has 4 aromatic rings. The second kappa shape index (κ2) is 11.3. The quantitative estimate of drug-likeness (QED) is 0.289. The number of para-hydroxylation sites is 1. The van der Waals surface area contributed by atoms with Crippen molar-refractivity contribution in [2.24, 2.45) is 7.05 Å². The molecule has 3 heterocycles. The number of nitrogens with one attached hydrogen (secondary N) is 1. The van der Waals surface area contributed by atoms with E-state index < -0.39 is 21.4 Å². The molecule has 0 amide bonds. The second-order valence-electron chi connectivity index (χ2n) is 8.06. The molecule has 3 aromatic heterocycles. The van der Waals surface area contributed by atoms with Gasteiger partial charge in [0.25, 0.3) is 0 Å². The summed E-state index contributed by atoms with van der Waals surface area (Å²) in [6.07, 6.45) is 3.51. The van der Waals surface area contributed by atoms with Crippen LogP contribution in [0.5, 0.6) is 11.5 Å². The molecule has 0 unspecified atom stereocenters. The topological polar surface area (TPSA) is 148 Å². The number of sulfonamides is 1. The number of hydrogen-bond donors (Lipinski definition) is 1. The molecule has 1 N–H and O–H groups in total. The van der Waals surface area contributed by atoms with Crippen molar-refractivity contribution in [3.63, 3.8) is 0 Å². The van der Waals surface area contributed by atoms with Gasteiger partial charge in [0.05, 0.1) is 19.2 Å². The third-order valence-corrected chi connectivity index (χ3v) is 7.51. The molecule has 0 aliphatic rings. The van der Waals surface area contributed by atoms with Gasteiger partial charge >= 0.3 is 0 Å². The Labute approximate surface area is 224 Å². The number of rotatable bonds is 11. The lowest BCUT2D eigenvalue weighted by atomic mass is 10.2. The molecule has 1 aromatic carbocycles. The van der Waals surface area contributed by atoms with Crippen LogP contribution in [0.1, 0.15) is 25.8 Å². The van der Waals surface area contributed by atoms with Crippen LogP contribution in [0.25, 0.3) is 17.2 Å². The molecular weight excluding hydrogens is 536 g/mol. The first-order valence-corrected chi connectivity index (χ1v) is 13.4. The SMILES string of the molecule is CCO[C@@H](c1ncc(Cl)cn1)[C@H](C)S(=O)(=O)Nc1nnc(-c2ccn(C)n2)n1-c1c(OC)cccc1OC. The molecule has 0 spiro atoms. The number of halogens is 1. The number of anilines is 1. The van der Waals surface area contributed by atoms with Gasteiger partial charge in [-0.1, -0.05) is 17.7 Å². The molecular formula is C23H27ClN8O5S. The summed E-state index contributed by atoms with van der Waals surface area (Å²) in [5.41, 5.74) is 0.837. The Hall–Kier alpha value is -3.75. The van der Waals surface area contributed by atoms with E-state index in [1.165, 1.54) is 38.1 Å². The largest absolute Gasteiger partial charge is 0.494 e. The van der Waals surface area contributed by atoms with Gasteiger partial charge in [0, 0.05) is 32.2 Å². The summed E-state index contributed by atoms with van der Waals surface area (Å²) in [6.45, 7) is 3.47. The molecule has 2 atom stereocenters. The molecule has 0 fully saturated rings. The molecule has 0 bridgehead atoms. The minimum absolute atomic E-state index is 0.104. The van der Waals surface area contributed by atoms with Crippen molar-refractivity contribution in [2.75, 3.05) is 25.5 Å². The summed E-state index contributed by atoms with van der Waals surface area (Å²) in [7, 11) is 0.599. The van der Waals surface area contributed by atoms with E-state index in [9.17, 15) is 8.42 Å². The molecule has 38 heavy (non-hydrogen) atoms. The Morgan fingerprint density at radius 1 is 1.08 bits per heavy atom. The van der Waals surface area contributed by atoms with Gasteiger partial charge in [-0.05, 0) is 32.0 Å². The normalized spacial score (nSPS) is 13.2. The number of aryl methyl sites for hydroxylation is 1. The van der Waals surface area contributed by atoms with Crippen LogP contribution in [0.15, 0.2) is 42.9 Å². The number of hydrogen-bond acceptors (Lipinski definition) is 10. The van der Waals surface area contributed by atoms with Gasteiger partial charge < -0.3 is 14.2 Å². The lowest BCUT2D eigenvalue weighted by Gasteiger charge is -2.23. The first kappa shape index (κ1) is 27.3. The van der Waals surface area contributed by atoms with Crippen LogP contribution in [0.3, 0.4) is 0 Å². The van der Waals surface area contributed by atoms with E-state index in [4.69, 9.17) is 25.8 Å². The van der Waals surface area contributed by atoms with Crippen molar-refractivity contribution in [2.45, 2.75) is 25.2 Å². The minimum atomic E-state index is -4.14. The van der Waals surface area contributed by atoms with E-state index in [2.05, 4.69) is 30.0 Å². The zero-order chi connectivity index (χ0) is 27.4. The van der Waals surface area contributed by atoms with Gasteiger partial charge in [0.2, 0.25) is 16.0 Å².